The van der Waals surface area contributed by atoms with E-state index in [1.165, 1.54) is 22.0 Å². The van der Waals surface area contributed by atoms with Crippen molar-refractivity contribution in [3.05, 3.63) is 70.7 Å². The molecule has 4 rings (SSSR count). The van der Waals surface area contributed by atoms with Gasteiger partial charge in [0.1, 0.15) is 0 Å². The Kier molecular flexibility index (Phi) is 5.40. The molecule has 0 fully saturated rings. The fourth-order valence-corrected chi connectivity index (χ4v) is 4.87. The van der Waals surface area contributed by atoms with Gasteiger partial charge in [-0.05, 0) is 73.2 Å². The first-order valence-electron chi connectivity index (χ1n) is 10.5. The molecular weight excluding hydrogens is 376 g/mol. The number of nitrogens with zero attached hydrogens (tertiary/aromatic N) is 2. The quantitative estimate of drug-likeness (QED) is 0.406. The third kappa shape index (κ3) is 3.91. The van der Waals surface area contributed by atoms with E-state index in [1.54, 1.807) is 0 Å². The van der Waals surface area contributed by atoms with Crippen molar-refractivity contribution in [3.63, 3.8) is 0 Å². The molecule has 0 spiro atoms. The highest BCUT2D eigenvalue weighted by molar-refractivity contribution is 6.33. The Morgan fingerprint density at radius 3 is 2.62 bits per heavy atom. The van der Waals surface area contributed by atoms with Crippen molar-refractivity contribution >= 4 is 40.0 Å². The van der Waals surface area contributed by atoms with Crippen molar-refractivity contribution in [2.24, 2.45) is 4.99 Å². The van der Waals surface area contributed by atoms with Gasteiger partial charge in [-0.3, -0.25) is 4.99 Å². The first-order chi connectivity index (χ1) is 13.9. The van der Waals surface area contributed by atoms with Crippen LogP contribution in [0, 0.1) is 0 Å². The minimum absolute atomic E-state index is 0.145. The van der Waals surface area contributed by atoms with Crippen molar-refractivity contribution < 1.29 is 0 Å². The van der Waals surface area contributed by atoms with Crippen LogP contribution in [0.3, 0.4) is 0 Å². The second-order valence-corrected chi connectivity index (χ2v) is 9.20. The van der Waals surface area contributed by atoms with Crippen LogP contribution < -0.4 is 4.90 Å². The molecule has 1 atom stereocenters. The van der Waals surface area contributed by atoms with E-state index < -0.39 is 0 Å². The first-order valence-corrected chi connectivity index (χ1v) is 10.9. The zero-order valence-corrected chi connectivity index (χ0v) is 18.5. The number of hydrogen-bond donors (Lipinski definition) is 0. The zero-order chi connectivity index (χ0) is 20.6. The molecule has 0 radical (unpaired) electrons. The molecule has 150 valence electrons. The highest BCUT2D eigenvalue weighted by atomic mass is 35.5. The molecule has 0 saturated carbocycles. The summed E-state index contributed by atoms with van der Waals surface area (Å²) in [7, 11) is 0. The van der Waals surface area contributed by atoms with Gasteiger partial charge in [-0.2, -0.15) is 0 Å². The van der Waals surface area contributed by atoms with Gasteiger partial charge < -0.3 is 4.90 Å². The Balaban J connectivity index is 1.70. The molecule has 3 heteroatoms. The minimum atomic E-state index is 0.145. The Morgan fingerprint density at radius 2 is 1.86 bits per heavy atom. The van der Waals surface area contributed by atoms with E-state index in [0.717, 1.165) is 35.7 Å². The molecule has 3 aromatic rings. The predicted octanol–water partition coefficient (Wildman–Crippen LogP) is 7.75. The summed E-state index contributed by atoms with van der Waals surface area (Å²) in [6, 6.07) is 19.0. The van der Waals surface area contributed by atoms with E-state index in [9.17, 15) is 0 Å². The average Bonchev–Trinajstić information content (AvgIpc) is 2.69. The summed E-state index contributed by atoms with van der Waals surface area (Å²) in [4.78, 5) is 7.25. The van der Waals surface area contributed by atoms with Crippen LogP contribution >= 0.6 is 11.6 Å². The summed E-state index contributed by atoms with van der Waals surface area (Å²) < 4.78 is 0. The minimum Gasteiger partial charge on any atom is -0.366 e. The van der Waals surface area contributed by atoms with Gasteiger partial charge in [-0.1, -0.05) is 55.8 Å². The molecule has 0 amide bonds. The summed E-state index contributed by atoms with van der Waals surface area (Å²) in [5.74, 6) is 0.498. The third-order valence-corrected chi connectivity index (χ3v) is 6.36. The number of anilines is 1. The molecule has 0 aliphatic carbocycles. The molecule has 1 heterocycles. The van der Waals surface area contributed by atoms with Crippen LogP contribution in [-0.2, 0) is 0 Å². The molecule has 0 N–H and O–H groups in total. The molecule has 1 aliphatic rings. The maximum atomic E-state index is 6.71. The SMILES string of the molecule is CCCN1c2cc(Cl)c(C=Nc3ccc4ccccc4c3)cc2C(C)CC1(C)C. The molecule has 1 aliphatic heterocycles. The molecule has 1 unspecified atom stereocenters. The summed E-state index contributed by atoms with van der Waals surface area (Å²) >= 11 is 6.71. The Hall–Kier alpha value is -2.32. The highest BCUT2D eigenvalue weighted by Gasteiger charge is 2.36. The number of aliphatic imine (C=N–C) groups is 1. The predicted molar refractivity (Wildman–Crippen MR) is 127 cm³/mol. The van der Waals surface area contributed by atoms with Gasteiger partial charge in [0.15, 0.2) is 0 Å². The van der Waals surface area contributed by atoms with E-state index in [2.05, 4.69) is 87.2 Å². The van der Waals surface area contributed by atoms with E-state index in [1.807, 2.05) is 6.21 Å². The van der Waals surface area contributed by atoms with Crippen molar-refractivity contribution in [1.29, 1.82) is 0 Å². The van der Waals surface area contributed by atoms with E-state index >= 15 is 0 Å². The maximum absolute atomic E-state index is 6.71. The second kappa shape index (κ2) is 7.84. The van der Waals surface area contributed by atoms with E-state index in [4.69, 9.17) is 16.6 Å². The molecular formula is C26H29ClN2. The summed E-state index contributed by atoms with van der Waals surface area (Å²) in [5, 5.41) is 3.19. The smallest absolute Gasteiger partial charge is 0.0636 e. The molecule has 2 nitrogen and oxygen atoms in total. The number of hydrogen-bond acceptors (Lipinski definition) is 2. The van der Waals surface area contributed by atoms with Crippen molar-refractivity contribution in [3.8, 4) is 0 Å². The maximum Gasteiger partial charge on any atom is 0.0636 e. The van der Waals surface area contributed by atoms with Crippen LogP contribution in [0.2, 0.25) is 5.02 Å². The lowest BCUT2D eigenvalue weighted by Gasteiger charge is -2.47. The largest absolute Gasteiger partial charge is 0.366 e. The van der Waals surface area contributed by atoms with Crippen LogP contribution in [0.4, 0.5) is 11.4 Å². The standard InChI is InChI=1S/C26H29ClN2/c1-5-12-29-25-15-24(27)21(14-23(25)18(2)16-26(29,3)4)17-28-22-11-10-19-8-6-7-9-20(19)13-22/h6-11,13-15,17-18H,5,12,16H2,1-4H3. The summed E-state index contributed by atoms with van der Waals surface area (Å²) in [5.41, 5.74) is 4.73. The Labute approximate surface area is 179 Å². The monoisotopic (exact) mass is 404 g/mol. The Bertz CT molecular complexity index is 1070. The summed E-state index contributed by atoms with van der Waals surface area (Å²) in [6.45, 7) is 10.3. The van der Waals surface area contributed by atoms with Crippen LogP contribution in [0.5, 0.6) is 0 Å². The van der Waals surface area contributed by atoms with Gasteiger partial charge in [-0.25, -0.2) is 0 Å². The van der Waals surface area contributed by atoms with Gasteiger partial charge in [0.25, 0.3) is 0 Å². The average molecular weight is 405 g/mol. The molecule has 0 aromatic heterocycles. The van der Waals surface area contributed by atoms with Crippen molar-refractivity contribution in [2.75, 3.05) is 11.4 Å². The first kappa shape index (κ1) is 20.0. The highest BCUT2D eigenvalue weighted by Crippen LogP contribution is 2.45. The van der Waals surface area contributed by atoms with Crippen LogP contribution in [-0.4, -0.2) is 18.3 Å². The van der Waals surface area contributed by atoms with E-state index in [0.29, 0.717) is 5.92 Å². The fraction of sp³-hybridized carbons (Fsp3) is 0.346. The molecule has 3 aromatic carbocycles. The van der Waals surface area contributed by atoms with Crippen molar-refractivity contribution in [1.82, 2.24) is 0 Å². The number of halogens is 1. The van der Waals surface area contributed by atoms with E-state index in [-0.39, 0.29) is 5.54 Å². The lowest BCUT2D eigenvalue weighted by atomic mass is 9.79. The molecule has 0 bridgehead atoms. The van der Waals surface area contributed by atoms with Crippen LogP contribution in [0.25, 0.3) is 10.8 Å². The normalized spacial score (nSPS) is 18.4. The van der Waals surface area contributed by atoms with Gasteiger partial charge in [0, 0.05) is 29.5 Å². The molecule has 29 heavy (non-hydrogen) atoms. The molecule has 0 saturated heterocycles. The summed E-state index contributed by atoms with van der Waals surface area (Å²) in [6.07, 6.45) is 4.17. The van der Waals surface area contributed by atoms with Crippen molar-refractivity contribution in [2.45, 2.75) is 52.0 Å². The lowest BCUT2D eigenvalue weighted by Crippen LogP contribution is -2.48. The number of benzene rings is 3. The van der Waals surface area contributed by atoms with Crippen LogP contribution in [0.1, 0.15) is 57.6 Å². The van der Waals surface area contributed by atoms with Gasteiger partial charge in [0.05, 0.1) is 10.7 Å². The third-order valence-electron chi connectivity index (χ3n) is 6.04. The van der Waals surface area contributed by atoms with Gasteiger partial charge in [-0.15, -0.1) is 0 Å². The second-order valence-electron chi connectivity index (χ2n) is 8.79. The fourth-order valence-electron chi connectivity index (χ4n) is 4.67. The number of rotatable bonds is 4. The van der Waals surface area contributed by atoms with Crippen LogP contribution in [0.15, 0.2) is 59.6 Å². The number of fused-ring (bicyclic) bond motifs is 2. The lowest BCUT2D eigenvalue weighted by molar-refractivity contribution is 0.376. The van der Waals surface area contributed by atoms with Gasteiger partial charge >= 0.3 is 0 Å². The zero-order valence-electron chi connectivity index (χ0n) is 17.7. The Morgan fingerprint density at radius 1 is 1.10 bits per heavy atom. The van der Waals surface area contributed by atoms with Gasteiger partial charge in [0.2, 0.25) is 0 Å². The topological polar surface area (TPSA) is 15.6 Å².